The van der Waals surface area contributed by atoms with Crippen LogP contribution >= 0.6 is 0 Å². The molecule has 2 amide bonds. The van der Waals surface area contributed by atoms with E-state index in [9.17, 15) is 26.7 Å². The Labute approximate surface area is 133 Å². The molecule has 0 aromatic carbocycles. The van der Waals surface area contributed by atoms with Crippen LogP contribution < -0.4 is 10.6 Å². The van der Waals surface area contributed by atoms with Crippen molar-refractivity contribution >= 4 is 11.7 Å². The van der Waals surface area contributed by atoms with Crippen LogP contribution in [0.5, 0.6) is 0 Å². The van der Waals surface area contributed by atoms with E-state index in [0.29, 0.717) is 0 Å². The summed E-state index contributed by atoms with van der Waals surface area (Å²) in [7, 11) is 0. The first-order valence-corrected chi connectivity index (χ1v) is 6.97. The number of hydrogen-bond acceptors (Lipinski definition) is 3. The summed E-state index contributed by atoms with van der Waals surface area (Å²) in [5.41, 5.74) is -2.67. The second-order valence-corrected chi connectivity index (χ2v) is 5.56. The fraction of sp³-hybridized carbons (Fsp3) is 0.500. The van der Waals surface area contributed by atoms with E-state index in [1.807, 2.05) is 0 Å². The number of anilines is 1. The van der Waals surface area contributed by atoms with Crippen LogP contribution in [0.25, 0.3) is 0 Å². The first kappa shape index (κ1) is 17.9. The molecule has 2 N–H and O–H groups in total. The predicted molar refractivity (Wildman–Crippen MR) is 73.3 cm³/mol. The number of pyridine rings is 1. The summed E-state index contributed by atoms with van der Waals surface area (Å²) < 4.78 is 66.3. The lowest BCUT2D eigenvalue weighted by molar-refractivity contribution is -0.215. The Hall–Kier alpha value is -2.44. The van der Waals surface area contributed by atoms with Crippen LogP contribution in [0.2, 0.25) is 0 Å². The van der Waals surface area contributed by atoms with Crippen molar-refractivity contribution in [2.45, 2.75) is 43.3 Å². The number of carbonyl (C=O) groups is 1. The van der Waals surface area contributed by atoms with Gasteiger partial charge in [-0.25, -0.2) is 18.6 Å². The van der Waals surface area contributed by atoms with Gasteiger partial charge in [-0.2, -0.15) is 18.4 Å². The molecule has 2 rings (SSSR count). The van der Waals surface area contributed by atoms with Gasteiger partial charge in [-0.15, -0.1) is 0 Å². The molecule has 0 saturated heterocycles. The number of rotatable bonds is 2. The molecular weight excluding hydrogens is 335 g/mol. The van der Waals surface area contributed by atoms with E-state index >= 15 is 0 Å². The number of halogens is 5. The third-order valence-corrected chi connectivity index (χ3v) is 3.86. The van der Waals surface area contributed by atoms with Crippen molar-refractivity contribution in [1.29, 1.82) is 5.26 Å². The zero-order valence-electron chi connectivity index (χ0n) is 12.3. The zero-order chi connectivity index (χ0) is 18.0. The number of hydrogen-bond donors (Lipinski definition) is 2. The van der Waals surface area contributed by atoms with Crippen LogP contribution in [0, 0.1) is 11.3 Å². The summed E-state index contributed by atoms with van der Waals surface area (Å²) in [6.07, 6.45) is -7.39. The van der Waals surface area contributed by atoms with Crippen LogP contribution in [0.1, 0.15) is 31.4 Å². The fourth-order valence-corrected chi connectivity index (χ4v) is 2.47. The molecule has 0 aliphatic heterocycles. The molecule has 0 spiro atoms. The average Bonchev–Trinajstić information content (AvgIpc) is 2.48. The molecule has 1 aromatic rings. The number of alkyl halides is 5. The van der Waals surface area contributed by atoms with Crippen molar-refractivity contribution < 1.29 is 26.7 Å². The Kier molecular flexibility index (Phi) is 4.64. The minimum atomic E-state index is -4.86. The largest absolute Gasteiger partial charge is 0.411 e. The number of amides is 2. The van der Waals surface area contributed by atoms with Gasteiger partial charge in [-0.1, -0.05) is 0 Å². The average molecular weight is 348 g/mol. The van der Waals surface area contributed by atoms with Crippen molar-refractivity contribution in [1.82, 2.24) is 10.3 Å². The highest BCUT2D eigenvalue weighted by Crippen LogP contribution is 2.46. The predicted octanol–water partition coefficient (Wildman–Crippen LogP) is 3.59. The second-order valence-electron chi connectivity index (χ2n) is 5.56. The highest BCUT2D eigenvalue weighted by atomic mass is 19.4. The van der Waals surface area contributed by atoms with Gasteiger partial charge in [-0.3, -0.25) is 0 Å². The molecule has 24 heavy (non-hydrogen) atoms. The number of nitriles is 1. The maximum absolute atomic E-state index is 13.3. The van der Waals surface area contributed by atoms with Gasteiger partial charge in [0.2, 0.25) is 5.92 Å². The first-order valence-electron chi connectivity index (χ1n) is 6.97. The number of nitrogens with one attached hydrogen (secondary N) is 2. The summed E-state index contributed by atoms with van der Waals surface area (Å²) in [6, 6.07) is 2.99. The van der Waals surface area contributed by atoms with Crippen molar-refractivity contribution in [3.8, 4) is 6.07 Å². The van der Waals surface area contributed by atoms with Crippen LogP contribution in [0.15, 0.2) is 18.3 Å². The summed E-state index contributed by atoms with van der Waals surface area (Å²) in [5.74, 6) is -3.17. The second kappa shape index (κ2) is 6.22. The standard InChI is InChI=1S/C14H13F5N4O/c15-13(16)4-2-12(3-5-13,14(17,18)19)23-11(24)22-9-1-6-21-10(7-9)8-20/h1,6-7H,2-5H2,(H2,21,22,23,24). The van der Waals surface area contributed by atoms with Gasteiger partial charge in [0.1, 0.15) is 17.3 Å². The molecule has 1 heterocycles. The van der Waals surface area contributed by atoms with E-state index < -0.39 is 49.4 Å². The van der Waals surface area contributed by atoms with E-state index in [4.69, 9.17) is 5.26 Å². The molecule has 1 aromatic heterocycles. The van der Waals surface area contributed by atoms with E-state index in [-0.39, 0.29) is 11.4 Å². The summed E-state index contributed by atoms with van der Waals surface area (Å²) in [5, 5.41) is 12.6. The minimum absolute atomic E-state index is 0.0318. The van der Waals surface area contributed by atoms with Crippen LogP contribution in [0.4, 0.5) is 32.4 Å². The highest BCUT2D eigenvalue weighted by molar-refractivity contribution is 5.89. The van der Waals surface area contributed by atoms with Crippen molar-refractivity contribution in [3.05, 3.63) is 24.0 Å². The van der Waals surface area contributed by atoms with Gasteiger partial charge in [0.15, 0.2) is 0 Å². The van der Waals surface area contributed by atoms with E-state index in [2.05, 4.69) is 10.3 Å². The molecule has 0 atom stereocenters. The van der Waals surface area contributed by atoms with Gasteiger partial charge >= 0.3 is 12.2 Å². The van der Waals surface area contributed by atoms with E-state index in [1.54, 1.807) is 11.4 Å². The van der Waals surface area contributed by atoms with E-state index in [1.165, 1.54) is 18.3 Å². The van der Waals surface area contributed by atoms with Crippen molar-refractivity contribution in [2.24, 2.45) is 0 Å². The maximum Gasteiger partial charge on any atom is 0.411 e. The molecular formula is C14H13F5N4O. The van der Waals surface area contributed by atoms with Gasteiger partial charge in [0.05, 0.1) is 0 Å². The Morgan fingerprint density at radius 3 is 2.42 bits per heavy atom. The summed E-state index contributed by atoms with van der Waals surface area (Å²) >= 11 is 0. The third kappa shape index (κ3) is 3.90. The summed E-state index contributed by atoms with van der Waals surface area (Å²) in [6.45, 7) is 0. The van der Waals surface area contributed by atoms with Gasteiger partial charge < -0.3 is 10.6 Å². The van der Waals surface area contributed by atoms with Crippen LogP contribution in [0.3, 0.4) is 0 Å². The Bertz CT molecular complexity index is 658. The number of urea groups is 1. The molecule has 5 nitrogen and oxygen atoms in total. The van der Waals surface area contributed by atoms with E-state index in [0.717, 1.165) is 0 Å². The van der Waals surface area contributed by atoms with Crippen LogP contribution in [-0.4, -0.2) is 28.7 Å². The van der Waals surface area contributed by atoms with Crippen molar-refractivity contribution in [2.75, 3.05) is 5.32 Å². The lowest BCUT2D eigenvalue weighted by Crippen LogP contribution is -2.62. The summed E-state index contributed by atoms with van der Waals surface area (Å²) in [4.78, 5) is 15.5. The molecule has 1 fully saturated rings. The maximum atomic E-state index is 13.3. The monoisotopic (exact) mass is 348 g/mol. The quantitative estimate of drug-likeness (QED) is 0.802. The SMILES string of the molecule is N#Cc1cc(NC(=O)NC2(C(F)(F)F)CCC(F)(F)CC2)ccn1. The molecule has 1 aliphatic carbocycles. The normalized spacial score (nSPS) is 19.2. The molecule has 1 aliphatic rings. The van der Waals surface area contributed by atoms with Crippen molar-refractivity contribution in [3.63, 3.8) is 0 Å². The molecule has 1 saturated carbocycles. The Morgan fingerprint density at radius 1 is 1.25 bits per heavy atom. The number of aromatic nitrogens is 1. The Balaban J connectivity index is 2.12. The molecule has 130 valence electrons. The van der Waals surface area contributed by atoms with Gasteiger partial charge in [0.25, 0.3) is 0 Å². The lowest BCUT2D eigenvalue weighted by Gasteiger charge is -2.41. The lowest BCUT2D eigenvalue weighted by atomic mass is 9.79. The smallest absolute Gasteiger partial charge is 0.323 e. The first-order chi connectivity index (χ1) is 11.1. The zero-order valence-corrected chi connectivity index (χ0v) is 12.3. The topological polar surface area (TPSA) is 77.8 Å². The van der Waals surface area contributed by atoms with Crippen LogP contribution in [-0.2, 0) is 0 Å². The fourth-order valence-electron chi connectivity index (χ4n) is 2.47. The minimum Gasteiger partial charge on any atom is -0.323 e. The third-order valence-electron chi connectivity index (χ3n) is 3.86. The number of carbonyl (C=O) groups excluding carboxylic acids is 1. The van der Waals surface area contributed by atoms with Gasteiger partial charge in [-0.05, 0) is 25.0 Å². The molecule has 0 unspecified atom stereocenters. The van der Waals surface area contributed by atoms with Gasteiger partial charge in [0, 0.05) is 24.7 Å². The highest BCUT2D eigenvalue weighted by Gasteiger charge is 2.59. The number of nitrogens with zero attached hydrogens (tertiary/aromatic N) is 2. The Morgan fingerprint density at radius 2 is 1.88 bits per heavy atom. The molecule has 10 heteroatoms. The molecule has 0 radical (unpaired) electrons. The molecule has 0 bridgehead atoms.